The van der Waals surface area contributed by atoms with Gasteiger partial charge < -0.3 is 10.7 Å². The van der Waals surface area contributed by atoms with Gasteiger partial charge >= 0.3 is 0 Å². The Morgan fingerprint density at radius 3 is 2.68 bits per heavy atom. The number of fused-ring (bicyclic) bond motifs is 1. The molecule has 0 saturated carbocycles. The minimum absolute atomic E-state index is 0.0403. The van der Waals surface area contributed by atoms with Gasteiger partial charge in [-0.15, -0.1) is 10.2 Å². The van der Waals surface area contributed by atoms with Crippen LogP contribution in [0.25, 0.3) is 11.4 Å². The van der Waals surface area contributed by atoms with Crippen LogP contribution in [-0.4, -0.2) is 32.1 Å². The molecule has 0 aliphatic carbocycles. The number of anilines is 1. The summed E-state index contributed by atoms with van der Waals surface area (Å²) in [5, 5.41) is 9.13. The number of amides is 1. The summed E-state index contributed by atoms with van der Waals surface area (Å²) in [6.45, 7) is 3.94. The largest absolute Gasteiger partial charge is 0.335 e. The second kappa shape index (κ2) is 7.48. The number of aromatic nitrogens is 3. The van der Waals surface area contributed by atoms with Gasteiger partial charge in [-0.2, -0.15) is 0 Å². The van der Waals surface area contributed by atoms with Crippen LogP contribution in [0.15, 0.2) is 53.7 Å². The van der Waals surface area contributed by atoms with E-state index in [4.69, 9.17) is 17.4 Å². The van der Waals surface area contributed by atoms with Crippen LogP contribution < -0.4 is 10.7 Å². The number of para-hydroxylation sites is 1. The predicted octanol–water partition coefficient (Wildman–Crippen LogP) is 3.77. The Morgan fingerprint density at radius 1 is 1.21 bits per heavy atom. The zero-order valence-corrected chi connectivity index (χ0v) is 17.1. The molecule has 0 fully saturated rings. The van der Waals surface area contributed by atoms with Gasteiger partial charge in [0.25, 0.3) is 0 Å². The van der Waals surface area contributed by atoms with Crippen LogP contribution in [0, 0.1) is 0 Å². The second-order valence-corrected chi connectivity index (χ2v) is 8.58. The smallest absolute Gasteiger partial charge is 0.240 e. The van der Waals surface area contributed by atoms with E-state index >= 15 is 0 Å². The number of hydrogen-bond acceptors (Lipinski definition) is 5. The lowest BCUT2D eigenvalue weighted by Crippen LogP contribution is -2.40. The summed E-state index contributed by atoms with van der Waals surface area (Å²) in [4.78, 5) is 15.0. The molecule has 3 aromatic rings. The maximum Gasteiger partial charge on any atom is 0.240 e. The number of rotatable bonds is 4. The molecule has 0 radical (unpaired) electrons. The average molecular weight is 414 g/mol. The zero-order chi connectivity index (χ0) is 19.8. The van der Waals surface area contributed by atoms with Gasteiger partial charge in [0.1, 0.15) is 0 Å². The fraction of sp³-hybridized carbons (Fsp3) is 0.250. The quantitative estimate of drug-likeness (QED) is 0.520. The van der Waals surface area contributed by atoms with E-state index in [0.29, 0.717) is 16.0 Å². The molecule has 0 spiro atoms. The number of halogens is 1. The van der Waals surface area contributed by atoms with Crippen molar-refractivity contribution in [2.45, 2.75) is 36.7 Å². The maximum absolute atomic E-state index is 13.1. The number of carbonyl (C=O) groups excluding carboxylic acids is 1. The monoisotopic (exact) mass is 413 g/mol. The van der Waals surface area contributed by atoms with Crippen molar-refractivity contribution in [3.63, 3.8) is 0 Å². The summed E-state index contributed by atoms with van der Waals surface area (Å²) >= 11 is 7.24. The molecule has 1 aliphatic rings. The highest BCUT2D eigenvalue weighted by Crippen LogP contribution is 2.34. The Kier molecular flexibility index (Phi) is 5.03. The molecular weight excluding hydrogens is 394 g/mol. The zero-order valence-electron chi connectivity index (χ0n) is 15.5. The first-order chi connectivity index (χ1) is 13.5. The lowest BCUT2D eigenvalue weighted by Gasteiger charge is -2.25. The first-order valence-corrected chi connectivity index (χ1v) is 10.3. The molecular formula is C20H20ClN5OS. The summed E-state index contributed by atoms with van der Waals surface area (Å²) < 4.78 is 1.42. The Labute approximate surface area is 172 Å². The Balaban J connectivity index is 1.53. The molecule has 28 heavy (non-hydrogen) atoms. The van der Waals surface area contributed by atoms with Gasteiger partial charge in [0.2, 0.25) is 11.1 Å². The van der Waals surface area contributed by atoms with Gasteiger partial charge in [0.05, 0.1) is 5.25 Å². The first kappa shape index (κ1) is 18.8. The fourth-order valence-electron chi connectivity index (χ4n) is 3.46. The third kappa shape index (κ3) is 3.36. The maximum atomic E-state index is 13.1. The third-order valence-electron chi connectivity index (χ3n) is 4.84. The van der Waals surface area contributed by atoms with E-state index in [0.717, 1.165) is 17.7 Å². The predicted molar refractivity (Wildman–Crippen MR) is 113 cm³/mol. The highest BCUT2D eigenvalue weighted by Gasteiger charge is 2.34. The van der Waals surface area contributed by atoms with Gasteiger partial charge in [0.15, 0.2) is 5.82 Å². The van der Waals surface area contributed by atoms with Crippen LogP contribution in [-0.2, 0) is 11.2 Å². The fourth-order valence-corrected chi connectivity index (χ4v) is 4.40. The summed E-state index contributed by atoms with van der Waals surface area (Å²) in [6, 6.07) is 15.4. The molecule has 0 unspecified atom stereocenters. The van der Waals surface area contributed by atoms with E-state index < -0.39 is 0 Å². The number of benzene rings is 2. The Hall–Kier alpha value is -2.51. The SMILES string of the molecule is C[C@H](Sc1nnc(-c2ccc(Cl)cc2)n1N)C(=O)N1c2ccccc2C[C@H]1C. The molecule has 1 amide bonds. The van der Waals surface area contributed by atoms with E-state index in [1.165, 1.54) is 22.0 Å². The number of nitrogen functional groups attached to an aromatic ring is 1. The second-order valence-electron chi connectivity index (χ2n) is 6.83. The summed E-state index contributed by atoms with van der Waals surface area (Å²) in [5.74, 6) is 6.76. The van der Waals surface area contributed by atoms with E-state index in [-0.39, 0.29) is 17.2 Å². The average Bonchev–Trinajstić information content (AvgIpc) is 3.21. The number of nitrogens with zero attached hydrogens (tertiary/aromatic N) is 4. The van der Waals surface area contributed by atoms with E-state index in [1.807, 2.05) is 42.2 Å². The normalized spacial score (nSPS) is 16.8. The third-order valence-corrected chi connectivity index (χ3v) is 6.14. The number of nitrogens with two attached hydrogens (primary N) is 1. The van der Waals surface area contributed by atoms with Crippen LogP contribution in [0.1, 0.15) is 19.4 Å². The molecule has 1 aliphatic heterocycles. The summed E-state index contributed by atoms with van der Waals surface area (Å²) in [5.41, 5.74) is 3.00. The van der Waals surface area contributed by atoms with Crippen molar-refractivity contribution in [2.75, 3.05) is 10.7 Å². The minimum atomic E-state index is -0.349. The number of carbonyl (C=O) groups is 1. The van der Waals surface area contributed by atoms with Gasteiger partial charge in [0, 0.05) is 22.3 Å². The molecule has 2 atom stereocenters. The molecule has 0 saturated heterocycles. The molecule has 2 heterocycles. The summed E-state index contributed by atoms with van der Waals surface area (Å²) in [7, 11) is 0. The van der Waals surface area contributed by atoms with Gasteiger partial charge in [-0.3, -0.25) is 4.79 Å². The van der Waals surface area contributed by atoms with Crippen molar-refractivity contribution in [1.82, 2.24) is 14.9 Å². The van der Waals surface area contributed by atoms with Crippen LogP contribution in [0.4, 0.5) is 5.69 Å². The van der Waals surface area contributed by atoms with E-state index in [9.17, 15) is 4.79 Å². The van der Waals surface area contributed by atoms with Crippen molar-refractivity contribution < 1.29 is 4.79 Å². The van der Waals surface area contributed by atoms with Crippen LogP contribution in [0.5, 0.6) is 0 Å². The standard InChI is InChI=1S/C20H20ClN5OS/c1-12-11-15-5-3-4-6-17(15)25(12)19(27)13(2)28-20-24-23-18(26(20)22)14-7-9-16(21)10-8-14/h3-10,12-13H,11,22H2,1-2H3/t12-,13+/m1/s1. The van der Waals surface area contributed by atoms with Crippen molar-refractivity contribution in [3.05, 3.63) is 59.1 Å². The number of thioether (sulfide) groups is 1. The Morgan fingerprint density at radius 2 is 1.93 bits per heavy atom. The van der Waals surface area contributed by atoms with Crippen LogP contribution >= 0.6 is 23.4 Å². The molecule has 0 bridgehead atoms. The molecule has 2 N–H and O–H groups in total. The first-order valence-electron chi connectivity index (χ1n) is 8.99. The molecule has 144 valence electrons. The van der Waals surface area contributed by atoms with Crippen molar-refractivity contribution in [3.8, 4) is 11.4 Å². The molecule has 1 aromatic heterocycles. The highest BCUT2D eigenvalue weighted by molar-refractivity contribution is 8.00. The lowest BCUT2D eigenvalue weighted by molar-refractivity contribution is -0.118. The molecule has 2 aromatic carbocycles. The van der Waals surface area contributed by atoms with Crippen LogP contribution in [0.2, 0.25) is 5.02 Å². The molecule has 6 nitrogen and oxygen atoms in total. The van der Waals surface area contributed by atoms with Crippen LogP contribution in [0.3, 0.4) is 0 Å². The molecule has 4 rings (SSSR count). The van der Waals surface area contributed by atoms with Gasteiger partial charge in [-0.1, -0.05) is 41.6 Å². The van der Waals surface area contributed by atoms with Crippen molar-refractivity contribution in [1.29, 1.82) is 0 Å². The van der Waals surface area contributed by atoms with Gasteiger partial charge in [-0.25, -0.2) is 4.68 Å². The van der Waals surface area contributed by atoms with Crippen molar-refractivity contribution >= 4 is 35.0 Å². The topological polar surface area (TPSA) is 77.0 Å². The molecule has 8 heteroatoms. The van der Waals surface area contributed by atoms with Crippen molar-refractivity contribution in [2.24, 2.45) is 0 Å². The van der Waals surface area contributed by atoms with E-state index in [2.05, 4.69) is 23.2 Å². The van der Waals surface area contributed by atoms with Gasteiger partial charge in [-0.05, 0) is 56.2 Å². The lowest BCUT2D eigenvalue weighted by atomic mass is 10.1. The highest BCUT2D eigenvalue weighted by atomic mass is 35.5. The minimum Gasteiger partial charge on any atom is -0.335 e. The summed E-state index contributed by atoms with van der Waals surface area (Å²) in [6.07, 6.45) is 0.868. The number of hydrogen-bond donors (Lipinski definition) is 1. The Bertz CT molecular complexity index is 1020. The van der Waals surface area contributed by atoms with E-state index in [1.54, 1.807) is 12.1 Å².